The maximum Gasteiger partial charge on any atom is 0.234 e. The van der Waals surface area contributed by atoms with Crippen molar-refractivity contribution in [3.8, 4) is 28.1 Å². The number of hydrogen-bond donors (Lipinski definition) is 1. The van der Waals surface area contributed by atoms with Crippen molar-refractivity contribution < 1.29 is 9.18 Å². The van der Waals surface area contributed by atoms with E-state index in [4.69, 9.17) is 5.73 Å². The van der Waals surface area contributed by atoms with Crippen molar-refractivity contribution in [2.24, 2.45) is 5.73 Å². The van der Waals surface area contributed by atoms with Crippen molar-refractivity contribution in [3.05, 3.63) is 96.4 Å². The van der Waals surface area contributed by atoms with Crippen LogP contribution in [0, 0.1) is 5.82 Å². The molecule has 1 aromatic heterocycles. The summed E-state index contributed by atoms with van der Waals surface area (Å²) >= 11 is 0. The highest BCUT2D eigenvalue weighted by molar-refractivity contribution is 5.80. The summed E-state index contributed by atoms with van der Waals surface area (Å²) in [5, 5.41) is 4.63. The molecule has 0 radical (unpaired) electrons. The average Bonchev–Trinajstić information content (AvgIpc) is 3.48. The fourth-order valence-electron chi connectivity index (χ4n) is 4.62. The number of aromatic nitrogens is 2. The van der Waals surface area contributed by atoms with E-state index in [0.29, 0.717) is 17.8 Å². The zero-order valence-electron chi connectivity index (χ0n) is 18.2. The second-order valence-corrected chi connectivity index (χ2v) is 8.35. The van der Waals surface area contributed by atoms with Gasteiger partial charge in [-0.15, -0.1) is 0 Å². The van der Waals surface area contributed by atoms with Gasteiger partial charge in [0.15, 0.2) is 0 Å². The van der Waals surface area contributed by atoms with Gasteiger partial charge in [0.05, 0.1) is 23.6 Å². The number of amides is 1. The summed E-state index contributed by atoms with van der Waals surface area (Å²) in [7, 11) is 0. The van der Waals surface area contributed by atoms with Gasteiger partial charge in [0.1, 0.15) is 5.82 Å². The number of rotatable bonds is 6. The Labute approximate surface area is 192 Å². The molecule has 1 saturated heterocycles. The van der Waals surface area contributed by atoms with Crippen LogP contribution in [0.25, 0.3) is 28.1 Å². The van der Waals surface area contributed by atoms with Crippen LogP contribution in [-0.4, -0.2) is 33.2 Å². The van der Waals surface area contributed by atoms with Gasteiger partial charge in [-0.05, 0) is 54.8 Å². The van der Waals surface area contributed by atoms with Crippen LogP contribution in [-0.2, 0) is 11.3 Å². The molecule has 1 aliphatic rings. The van der Waals surface area contributed by atoms with E-state index in [-0.39, 0.29) is 17.8 Å². The molecule has 1 atom stereocenters. The number of primary amides is 1. The van der Waals surface area contributed by atoms with Gasteiger partial charge in [-0.2, -0.15) is 5.10 Å². The number of likely N-dealkylation sites (tertiary alicyclic amines) is 1. The highest BCUT2D eigenvalue weighted by atomic mass is 19.1. The fraction of sp³-hybridized carbons (Fsp3) is 0.185. The number of carbonyl (C=O) groups is 1. The maximum atomic E-state index is 14.9. The Morgan fingerprint density at radius 1 is 0.970 bits per heavy atom. The summed E-state index contributed by atoms with van der Waals surface area (Å²) in [6, 6.07) is 24.6. The number of nitrogens with two attached hydrogens (primary N) is 1. The summed E-state index contributed by atoms with van der Waals surface area (Å²) in [4.78, 5) is 13.9. The van der Waals surface area contributed by atoms with Crippen LogP contribution >= 0.6 is 0 Å². The highest BCUT2D eigenvalue weighted by Gasteiger charge is 2.30. The first kappa shape index (κ1) is 21.1. The summed E-state index contributed by atoms with van der Waals surface area (Å²) in [5.74, 6) is -0.627. The Morgan fingerprint density at radius 3 is 2.39 bits per heavy atom. The number of carbonyl (C=O) groups excluding carboxylic acids is 1. The number of halogens is 1. The second-order valence-electron chi connectivity index (χ2n) is 8.35. The number of hydrogen-bond acceptors (Lipinski definition) is 3. The van der Waals surface area contributed by atoms with Crippen molar-refractivity contribution >= 4 is 5.91 Å². The molecule has 0 spiro atoms. The van der Waals surface area contributed by atoms with Crippen molar-refractivity contribution in [1.29, 1.82) is 0 Å². The minimum Gasteiger partial charge on any atom is -0.368 e. The third-order valence-electron chi connectivity index (χ3n) is 6.26. The molecule has 1 fully saturated rings. The van der Waals surface area contributed by atoms with Crippen LogP contribution in [0.15, 0.2) is 85.1 Å². The first-order valence-corrected chi connectivity index (χ1v) is 11.1. The van der Waals surface area contributed by atoms with Crippen LogP contribution in [0.5, 0.6) is 0 Å². The minimum atomic E-state index is -0.316. The zero-order chi connectivity index (χ0) is 22.8. The highest BCUT2D eigenvalue weighted by Crippen LogP contribution is 2.32. The lowest BCUT2D eigenvalue weighted by Gasteiger charge is -2.22. The largest absolute Gasteiger partial charge is 0.368 e. The fourth-order valence-corrected chi connectivity index (χ4v) is 4.62. The Kier molecular flexibility index (Phi) is 5.75. The van der Waals surface area contributed by atoms with Gasteiger partial charge in [-0.3, -0.25) is 9.69 Å². The average molecular weight is 441 g/mol. The lowest BCUT2D eigenvalue weighted by molar-refractivity contribution is -0.122. The van der Waals surface area contributed by atoms with E-state index in [1.54, 1.807) is 23.0 Å². The van der Waals surface area contributed by atoms with Crippen LogP contribution in [0.3, 0.4) is 0 Å². The van der Waals surface area contributed by atoms with Gasteiger partial charge in [0.2, 0.25) is 5.91 Å². The van der Waals surface area contributed by atoms with E-state index >= 15 is 0 Å². The molecule has 3 aromatic carbocycles. The lowest BCUT2D eigenvalue weighted by Crippen LogP contribution is -2.39. The molecule has 166 valence electrons. The van der Waals surface area contributed by atoms with Crippen molar-refractivity contribution in [2.75, 3.05) is 6.54 Å². The van der Waals surface area contributed by atoms with Gasteiger partial charge in [-0.25, -0.2) is 9.07 Å². The van der Waals surface area contributed by atoms with E-state index < -0.39 is 0 Å². The SMILES string of the molecule is NC(=O)C1CCCN1Cc1cnn(-c2ccc(-c3ccccc3)cc2)c1-c1ccccc1F. The Hall–Kier alpha value is -3.77. The quantitative estimate of drug-likeness (QED) is 0.469. The first-order chi connectivity index (χ1) is 16.1. The Bertz CT molecular complexity index is 1270. The third kappa shape index (κ3) is 4.17. The summed E-state index contributed by atoms with van der Waals surface area (Å²) in [6.45, 7) is 1.26. The van der Waals surface area contributed by atoms with Gasteiger partial charge < -0.3 is 5.73 Å². The van der Waals surface area contributed by atoms with E-state index in [1.807, 2.05) is 48.5 Å². The van der Waals surface area contributed by atoms with Crippen molar-refractivity contribution in [3.63, 3.8) is 0 Å². The molecule has 0 bridgehead atoms. The molecule has 6 heteroatoms. The molecule has 1 aliphatic heterocycles. The molecule has 0 saturated carbocycles. The predicted molar refractivity (Wildman–Crippen MR) is 127 cm³/mol. The molecule has 2 heterocycles. The Morgan fingerprint density at radius 2 is 1.67 bits per heavy atom. The molecule has 33 heavy (non-hydrogen) atoms. The summed E-state index contributed by atoms with van der Waals surface area (Å²) in [5.41, 5.74) is 10.7. The first-order valence-electron chi connectivity index (χ1n) is 11.1. The van der Waals surface area contributed by atoms with Crippen LogP contribution < -0.4 is 5.73 Å². The molecule has 4 aromatic rings. The molecule has 2 N–H and O–H groups in total. The van der Waals surface area contributed by atoms with Gasteiger partial charge in [-0.1, -0.05) is 54.6 Å². The zero-order valence-corrected chi connectivity index (χ0v) is 18.2. The van der Waals surface area contributed by atoms with Crippen LogP contribution in [0.4, 0.5) is 4.39 Å². The number of benzene rings is 3. The smallest absolute Gasteiger partial charge is 0.234 e. The summed E-state index contributed by atoms with van der Waals surface area (Å²) < 4.78 is 16.7. The Balaban J connectivity index is 1.55. The third-order valence-corrected chi connectivity index (χ3v) is 6.26. The van der Waals surface area contributed by atoms with E-state index in [2.05, 4.69) is 22.1 Å². The van der Waals surface area contributed by atoms with Gasteiger partial charge in [0, 0.05) is 17.7 Å². The molecule has 1 unspecified atom stereocenters. The normalized spacial score (nSPS) is 16.2. The molecule has 0 aliphatic carbocycles. The van der Waals surface area contributed by atoms with E-state index in [0.717, 1.165) is 41.8 Å². The molecule has 5 nitrogen and oxygen atoms in total. The van der Waals surface area contributed by atoms with Gasteiger partial charge >= 0.3 is 0 Å². The molecular formula is C27H25FN4O. The lowest BCUT2D eigenvalue weighted by atomic mass is 10.0. The predicted octanol–water partition coefficient (Wildman–Crippen LogP) is 4.80. The minimum absolute atomic E-state index is 0.299. The molecule has 1 amide bonds. The monoisotopic (exact) mass is 440 g/mol. The molecule has 5 rings (SSSR count). The van der Waals surface area contributed by atoms with Gasteiger partial charge in [0.25, 0.3) is 0 Å². The maximum absolute atomic E-state index is 14.9. The number of nitrogens with zero attached hydrogens (tertiary/aromatic N) is 3. The van der Waals surface area contributed by atoms with Crippen LogP contribution in [0.1, 0.15) is 18.4 Å². The van der Waals surface area contributed by atoms with E-state index in [9.17, 15) is 9.18 Å². The second kappa shape index (κ2) is 9.00. The van der Waals surface area contributed by atoms with Crippen molar-refractivity contribution in [1.82, 2.24) is 14.7 Å². The molecular weight excluding hydrogens is 415 g/mol. The topological polar surface area (TPSA) is 64.2 Å². The van der Waals surface area contributed by atoms with Crippen LogP contribution in [0.2, 0.25) is 0 Å². The standard InChI is InChI=1S/C27H25FN4O/c28-24-10-5-4-9-23(24)26-21(18-31-16-6-11-25(31)27(29)33)17-30-32(26)22-14-12-20(13-15-22)19-7-2-1-3-8-19/h1-5,7-10,12-15,17,25H,6,11,16,18H2,(H2,29,33). The summed E-state index contributed by atoms with van der Waals surface area (Å²) in [6.07, 6.45) is 3.43. The van der Waals surface area contributed by atoms with Crippen molar-refractivity contribution in [2.45, 2.75) is 25.4 Å². The van der Waals surface area contributed by atoms with E-state index in [1.165, 1.54) is 6.07 Å².